The van der Waals surface area contributed by atoms with Crippen LogP contribution in [0.3, 0.4) is 0 Å². The van der Waals surface area contributed by atoms with Crippen LogP contribution < -0.4 is 5.32 Å². The standard InChI is InChI=1S/C14H24N2O3/c1-12(2)11-19-9-7-15-13(17)10-16-8-5-3-4-6-14(16)18/h1,3-11H2,2H3,(H,15,17). The van der Waals surface area contributed by atoms with Crippen molar-refractivity contribution in [3.05, 3.63) is 12.2 Å². The first-order valence-corrected chi connectivity index (χ1v) is 6.86. The van der Waals surface area contributed by atoms with Crippen LogP contribution >= 0.6 is 0 Å². The Hall–Kier alpha value is -1.36. The van der Waals surface area contributed by atoms with E-state index in [0.717, 1.165) is 24.8 Å². The van der Waals surface area contributed by atoms with Gasteiger partial charge in [0, 0.05) is 19.5 Å². The smallest absolute Gasteiger partial charge is 0.239 e. The average Bonchev–Trinajstić information content (AvgIpc) is 2.54. The number of rotatable bonds is 7. The Balaban J connectivity index is 2.15. The molecule has 0 saturated carbocycles. The van der Waals surface area contributed by atoms with E-state index in [0.29, 0.717) is 32.7 Å². The van der Waals surface area contributed by atoms with E-state index in [9.17, 15) is 9.59 Å². The lowest BCUT2D eigenvalue weighted by molar-refractivity contribution is -0.135. The topological polar surface area (TPSA) is 58.6 Å². The molecule has 1 heterocycles. The van der Waals surface area contributed by atoms with Gasteiger partial charge in [-0.15, -0.1) is 0 Å². The van der Waals surface area contributed by atoms with E-state index in [1.165, 1.54) is 0 Å². The number of nitrogens with zero attached hydrogens (tertiary/aromatic N) is 1. The van der Waals surface area contributed by atoms with Gasteiger partial charge < -0.3 is 15.0 Å². The molecule has 108 valence electrons. The van der Waals surface area contributed by atoms with Gasteiger partial charge in [0.1, 0.15) is 0 Å². The van der Waals surface area contributed by atoms with Gasteiger partial charge in [0.15, 0.2) is 0 Å². The fourth-order valence-corrected chi connectivity index (χ4v) is 1.94. The highest BCUT2D eigenvalue weighted by molar-refractivity contribution is 5.84. The van der Waals surface area contributed by atoms with E-state index in [2.05, 4.69) is 11.9 Å². The summed E-state index contributed by atoms with van der Waals surface area (Å²) in [5, 5.41) is 2.76. The van der Waals surface area contributed by atoms with Crippen LogP contribution in [-0.4, -0.2) is 49.6 Å². The highest BCUT2D eigenvalue weighted by Gasteiger charge is 2.18. The molecule has 1 aliphatic heterocycles. The van der Waals surface area contributed by atoms with Crippen molar-refractivity contribution in [3.8, 4) is 0 Å². The number of amides is 2. The first-order chi connectivity index (χ1) is 9.09. The molecule has 0 aromatic rings. The molecule has 0 aliphatic carbocycles. The van der Waals surface area contributed by atoms with Crippen molar-refractivity contribution in [3.63, 3.8) is 0 Å². The molecule has 1 rings (SSSR count). The van der Waals surface area contributed by atoms with E-state index in [1.54, 1.807) is 4.90 Å². The van der Waals surface area contributed by atoms with E-state index in [1.807, 2.05) is 6.92 Å². The molecule has 0 spiro atoms. The third-order valence-corrected chi connectivity index (χ3v) is 2.92. The molecule has 0 aromatic carbocycles. The molecule has 0 aromatic heterocycles. The molecule has 5 heteroatoms. The van der Waals surface area contributed by atoms with Crippen molar-refractivity contribution < 1.29 is 14.3 Å². The zero-order chi connectivity index (χ0) is 14.1. The van der Waals surface area contributed by atoms with E-state index < -0.39 is 0 Å². The fraction of sp³-hybridized carbons (Fsp3) is 0.714. The van der Waals surface area contributed by atoms with Crippen LogP contribution in [0.15, 0.2) is 12.2 Å². The Labute approximate surface area is 115 Å². The molecule has 19 heavy (non-hydrogen) atoms. The van der Waals surface area contributed by atoms with Crippen LogP contribution in [0.5, 0.6) is 0 Å². The third kappa shape index (κ3) is 6.96. The van der Waals surface area contributed by atoms with Gasteiger partial charge in [0.25, 0.3) is 0 Å². The van der Waals surface area contributed by atoms with E-state index in [4.69, 9.17) is 4.74 Å². The summed E-state index contributed by atoms with van der Waals surface area (Å²) in [7, 11) is 0. The van der Waals surface area contributed by atoms with Gasteiger partial charge in [-0.3, -0.25) is 9.59 Å². The summed E-state index contributed by atoms with van der Waals surface area (Å²) in [4.78, 5) is 25.1. The summed E-state index contributed by atoms with van der Waals surface area (Å²) >= 11 is 0. The largest absolute Gasteiger partial charge is 0.375 e. The second kappa shape index (κ2) is 8.69. The van der Waals surface area contributed by atoms with Crippen molar-refractivity contribution in [1.29, 1.82) is 0 Å². The summed E-state index contributed by atoms with van der Waals surface area (Å²) in [5.41, 5.74) is 0.960. The van der Waals surface area contributed by atoms with Crippen molar-refractivity contribution >= 4 is 11.8 Å². The summed E-state index contributed by atoms with van der Waals surface area (Å²) < 4.78 is 5.28. The molecular weight excluding hydrogens is 244 g/mol. The lowest BCUT2D eigenvalue weighted by Gasteiger charge is -2.19. The monoisotopic (exact) mass is 268 g/mol. The number of hydrogen-bond donors (Lipinski definition) is 1. The van der Waals surface area contributed by atoms with Crippen molar-refractivity contribution in [1.82, 2.24) is 10.2 Å². The van der Waals surface area contributed by atoms with Gasteiger partial charge in [0.2, 0.25) is 11.8 Å². The molecular formula is C14H24N2O3. The summed E-state index contributed by atoms with van der Waals surface area (Å²) in [6.07, 6.45) is 3.56. The molecule has 0 atom stereocenters. The number of carbonyl (C=O) groups excluding carboxylic acids is 2. The number of likely N-dealkylation sites (tertiary alicyclic amines) is 1. The number of ether oxygens (including phenoxy) is 1. The van der Waals surface area contributed by atoms with Gasteiger partial charge in [-0.1, -0.05) is 18.6 Å². The predicted molar refractivity (Wildman–Crippen MR) is 73.7 cm³/mol. The second-order valence-corrected chi connectivity index (χ2v) is 4.99. The van der Waals surface area contributed by atoms with Crippen molar-refractivity contribution in [2.45, 2.75) is 32.6 Å². The summed E-state index contributed by atoms with van der Waals surface area (Å²) in [6, 6.07) is 0. The van der Waals surface area contributed by atoms with E-state index >= 15 is 0 Å². The first-order valence-electron chi connectivity index (χ1n) is 6.86. The van der Waals surface area contributed by atoms with Crippen LogP contribution in [0.25, 0.3) is 0 Å². The first kappa shape index (κ1) is 15.7. The quantitative estimate of drug-likeness (QED) is 0.555. The summed E-state index contributed by atoms with van der Waals surface area (Å²) in [5.74, 6) is -0.0274. The van der Waals surface area contributed by atoms with Gasteiger partial charge in [-0.05, 0) is 19.8 Å². The normalized spacial score (nSPS) is 16.1. The minimum absolute atomic E-state index is 0.0891. The lowest BCUT2D eigenvalue weighted by atomic mass is 10.2. The van der Waals surface area contributed by atoms with Crippen LogP contribution in [0.1, 0.15) is 32.6 Å². The highest BCUT2D eigenvalue weighted by atomic mass is 16.5. The molecule has 1 saturated heterocycles. The highest BCUT2D eigenvalue weighted by Crippen LogP contribution is 2.10. The number of nitrogens with one attached hydrogen (secondary N) is 1. The Morgan fingerprint density at radius 3 is 2.95 bits per heavy atom. The molecule has 2 amide bonds. The minimum Gasteiger partial charge on any atom is -0.375 e. The SMILES string of the molecule is C=C(C)COCCNC(=O)CN1CCCCCC1=O. The molecule has 0 radical (unpaired) electrons. The third-order valence-electron chi connectivity index (χ3n) is 2.92. The Morgan fingerprint density at radius 1 is 1.42 bits per heavy atom. The van der Waals surface area contributed by atoms with Gasteiger partial charge in [-0.2, -0.15) is 0 Å². The van der Waals surface area contributed by atoms with Crippen LogP contribution in [-0.2, 0) is 14.3 Å². The van der Waals surface area contributed by atoms with Gasteiger partial charge in [-0.25, -0.2) is 0 Å². The molecule has 0 bridgehead atoms. The number of hydrogen-bond acceptors (Lipinski definition) is 3. The van der Waals surface area contributed by atoms with E-state index in [-0.39, 0.29) is 18.4 Å². The lowest BCUT2D eigenvalue weighted by Crippen LogP contribution is -2.41. The van der Waals surface area contributed by atoms with Gasteiger partial charge >= 0.3 is 0 Å². The number of carbonyl (C=O) groups is 2. The zero-order valence-electron chi connectivity index (χ0n) is 11.7. The maximum absolute atomic E-state index is 11.7. The van der Waals surface area contributed by atoms with Gasteiger partial charge in [0.05, 0.1) is 19.8 Å². The van der Waals surface area contributed by atoms with Crippen molar-refractivity contribution in [2.75, 3.05) is 32.8 Å². The van der Waals surface area contributed by atoms with Crippen molar-refractivity contribution in [2.24, 2.45) is 0 Å². The Kier molecular flexibility index (Phi) is 7.18. The molecule has 1 fully saturated rings. The maximum Gasteiger partial charge on any atom is 0.239 e. The van der Waals surface area contributed by atoms with Crippen LogP contribution in [0, 0.1) is 0 Å². The van der Waals surface area contributed by atoms with Crippen LogP contribution in [0.4, 0.5) is 0 Å². The maximum atomic E-state index is 11.7. The van der Waals surface area contributed by atoms with Crippen LogP contribution in [0.2, 0.25) is 0 Å². The fourth-order valence-electron chi connectivity index (χ4n) is 1.94. The Morgan fingerprint density at radius 2 is 2.21 bits per heavy atom. The zero-order valence-corrected chi connectivity index (χ0v) is 11.7. The molecule has 1 aliphatic rings. The Bertz CT molecular complexity index is 329. The minimum atomic E-state index is -0.117. The second-order valence-electron chi connectivity index (χ2n) is 4.99. The molecule has 1 N–H and O–H groups in total. The average molecular weight is 268 g/mol. The molecule has 5 nitrogen and oxygen atoms in total. The summed E-state index contributed by atoms with van der Waals surface area (Å²) in [6.45, 7) is 7.92. The molecule has 0 unspecified atom stereocenters. The predicted octanol–water partition coefficient (Wildman–Crippen LogP) is 1.10.